The first kappa shape index (κ1) is 42.9. The highest BCUT2D eigenvalue weighted by atomic mass is 16.5. The SMILES string of the molecule is c1ccc(-c2ccc3c(c2)c2cc(-c4ccc5c(c4)c4ccccc4n5-c4cccc(-c5nc(-c6ccccc6)nc(-c6ccccc6)n5)c4)ccc2n3-c2cc3c4c(c2)Oc2ccccc2N4c2ccccc2O3)cc1. The predicted octanol–water partition coefficient (Wildman–Crippen LogP) is 18.1. The molecule has 0 aliphatic carbocycles. The summed E-state index contributed by atoms with van der Waals surface area (Å²) in [5.41, 5.74) is 16.5. The van der Waals surface area contributed by atoms with E-state index in [-0.39, 0.29) is 0 Å². The quantitative estimate of drug-likeness (QED) is 0.158. The zero-order valence-corrected chi connectivity index (χ0v) is 41.2. The van der Waals surface area contributed by atoms with Crippen LogP contribution < -0.4 is 14.4 Å². The van der Waals surface area contributed by atoms with Crippen LogP contribution in [0, 0.1) is 0 Å². The highest BCUT2D eigenvalue weighted by Crippen LogP contribution is 2.60. The van der Waals surface area contributed by atoms with Gasteiger partial charge >= 0.3 is 0 Å². The zero-order valence-electron chi connectivity index (χ0n) is 41.2. The molecule has 0 fully saturated rings. The molecule has 0 amide bonds. The summed E-state index contributed by atoms with van der Waals surface area (Å²) >= 11 is 0. The van der Waals surface area contributed by atoms with Crippen LogP contribution in [0.3, 0.4) is 0 Å². The normalized spacial score (nSPS) is 12.3. The van der Waals surface area contributed by atoms with Crippen molar-refractivity contribution in [1.29, 1.82) is 0 Å². The highest BCUT2D eigenvalue weighted by molar-refractivity contribution is 6.13. The highest BCUT2D eigenvalue weighted by Gasteiger charge is 2.35. The number of nitrogens with zero attached hydrogens (tertiary/aromatic N) is 6. The van der Waals surface area contributed by atoms with Gasteiger partial charge in [-0.2, -0.15) is 0 Å². The first-order chi connectivity index (χ1) is 38.1. The molecule has 8 heteroatoms. The van der Waals surface area contributed by atoms with E-state index in [9.17, 15) is 0 Å². The van der Waals surface area contributed by atoms with Crippen LogP contribution in [0.2, 0.25) is 0 Å². The Bertz CT molecular complexity index is 4570. The number of rotatable bonds is 7. The van der Waals surface area contributed by atoms with Gasteiger partial charge in [-0.1, -0.05) is 164 Å². The van der Waals surface area contributed by atoms with Gasteiger partial charge in [-0.05, 0) is 101 Å². The van der Waals surface area contributed by atoms with E-state index in [2.05, 4.69) is 184 Å². The van der Waals surface area contributed by atoms with E-state index in [1.54, 1.807) is 0 Å². The minimum Gasteiger partial charge on any atom is -0.453 e. The maximum atomic E-state index is 6.77. The number of hydrogen-bond acceptors (Lipinski definition) is 6. The first-order valence-corrected chi connectivity index (χ1v) is 25.8. The molecule has 3 aromatic heterocycles. The summed E-state index contributed by atoms with van der Waals surface area (Å²) in [6.07, 6.45) is 0. The largest absolute Gasteiger partial charge is 0.453 e. The number of aromatic nitrogens is 5. The Hall–Kier alpha value is -10.6. The van der Waals surface area contributed by atoms with Gasteiger partial charge in [-0.15, -0.1) is 0 Å². The van der Waals surface area contributed by atoms with Crippen LogP contribution in [-0.4, -0.2) is 24.1 Å². The van der Waals surface area contributed by atoms with E-state index in [4.69, 9.17) is 24.4 Å². The van der Waals surface area contributed by atoms with E-state index in [0.29, 0.717) is 17.5 Å². The van der Waals surface area contributed by atoms with Gasteiger partial charge in [0.15, 0.2) is 40.5 Å². The molecule has 0 atom stereocenters. The third-order valence-corrected chi connectivity index (χ3v) is 15.1. The van der Waals surface area contributed by atoms with Crippen molar-refractivity contribution in [2.24, 2.45) is 0 Å². The monoisotopic (exact) mass is 986 g/mol. The van der Waals surface area contributed by atoms with Gasteiger partial charge in [-0.25, -0.2) is 15.0 Å². The molecule has 0 bridgehead atoms. The molecule has 0 saturated carbocycles. The molecule has 5 heterocycles. The molecule has 2 aliphatic heterocycles. The lowest BCUT2D eigenvalue weighted by Gasteiger charge is -2.38. The van der Waals surface area contributed by atoms with Crippen molar-refractivity contribution < 1.29 is 9.47 Å². The van der Waals surface area contributed by atoms with Crippen molar-refractivity contribution in [2.45, 2.75) is 0 Å². The van der Waals surface area contributed by atoms with Crippen LogP contribution in [0.25, 0.3) is 111 Å². The topological polar surface area (TPSA) is 70.2 Å². The van der Waals surface area contributed by atoms with Gasteiger partial charge < -0.3 is 18.6 Å². The van der Waals surface area contributed by atoms with Crippen molar-refractivity contribution in [3.8, 4) is 90.8 Å². The lowest BCUT2D eigenvalue weighted by atomic mass is 9.99. The molecule has 0 radical (unpaired) electrons. The van der Waals surface area contributed by atoms with E-state index in [1.165, 1.54) is 10.9 Å². The minimum atomic E-state index is 0.612. The van der Waals surface area contributed by atoms with Gasteiger partial charge in [0.1, 0.15) is 5.69 Å². The smallest absolute Gasteiger partial charge is 0.164 e. The predicted molar refractivity (Wildman–Crippen MR) is 311 cm³/mol. The summed E-state index contributed by atoms with van der Waals surface area (Å²) < 4.78 is 18.3. The number of anilines is 3. The van der Waals surface area contributed by atoms with E-state index < -0.39 is 0 Å². The molecule has 0 saturated heterocycles. The first-order valence-electron chi connectivity index (χ1n) is 25.8. The summed E-state index contributed by atoms with van der Waals surface area (Å²) in [7, 11) is 0. The van der Waals surface area contributed by atoms with Gasteiger partial charge in [0.2, 0.25) is 0 Å². The van der Waals surface area contributed by atoms with Crippen LogP contribution in [0.4, 0.5) is 17.1 Å². The number of ether oxygens (including phenoxy) is 2. The van der Waals surface area contributed by atoms with Crippen molar-refractivity contribution >= 4 is 60.7 Å². The van der Waals surface area contributed by atoms with E-state index in [0.717, 1.165) is 123 Å². The Kier molecular flexibility index (Phi) is 9.46. The fourth-order valence-electron chi connectivity index (χ4n) is 11.6. The van der Waals surface area contributed by atoms with Crippen LogP contribution in [0.1, 0.15) is 0 Å². The molecule has 77 heavy (non-hydrogen) atoms. The molecule has 0 unspecified atom stereocenters. The average molecular weight is 987 g/mol. The van der Waals surface area contributed by atoms with Gasteiger partial charge in [0, 0.05) is 56.1 Å². The third kappa shape index (κ3) is 6.89. The summed E-state index contributed by atoms with van der Waals surface area (Å²) in [6, 6.07) is 89.3. The molecule has 14 aromatic rings. The Balaban J connectivity index is 0.839. The number of hydrogen-bond donors (Lipinski definition) is 0. The minimum absolute atomic E-state index is 0.612. The summed E-state index contributed by atoms with van der Waals surface area (Å²) in [6.45, 7) is 0. The van der Waals surface area contributed by atoms with E-state index in [1.807, 2.05) is 84.9 Å². The fraction of sp³-hybridized carbons (Fsp3) is 0. The second kappa shape index (κ2) is 17.0. The van der Waals surface area contributed by atoms with Crippen LogP contribution in [-0.2, 0) is 0 Å². The summed E-state index contributed by atoms with van der Waals surface area (Å²) in [5, 5.41) is 4.62. The Morgan fingerprint density at radius 3 is 1.23 bits per heavy atom. The standard InChI is InChI=1S/C69H42N6O2/c1-4-17-43(18-5-1)46-31-34-58-54(38-46)55-40-48(33-36-59(55)74(58)51-41-64-66-65(42-51)77-63-30-15-13-28-61(63)75(66)60-27-12-14-29-62(60)76-64)47-32-35-57-53(39-47)52-25-10-11-26-56(52)73(57)50-24-16-23-49(37-50)69-71-67(44-19-6-2-7-20-44)70-68(72-69)45-21-8-3-9-22-45/h1-42H. The summed E-state index contributed by atoms with van der Waals surface area (Å²) in [5.74, 6) is 4.93. The van der Waals surface area contributed by atoms with Crippen molar-refractivity contribution in [3.63, 3.8) is 0 Å². The Morgan fingerprint density at radius 1 is 0.260 bits per heavy atom. The second-order valence-corrected chi connectivity index (χ2v) is 19.6. The molecule has 2 aliphatic rings. The number of para-hydroxylation sites is 5. The van der Waals surface area contributed by atoms with Crippen molar-refractivity contribution in [3.05, 3.63) is 255 Å². The van der Waals surface area contributed by atoms with E-state index >= 15 is 0 Å². The number of fused-ring (bicyclic) bond motifs is 10. The molecule has 360 valence electrons. The second-order valence-electron chi connectivity index (χ2n) is 19.6. The molecular formula is C69H42N6O2. The lowest BCUT2D eigenvalue weighted by molar-refractivity contribution is 0.445. The zero-order chi connectivity index (χ0) is 50.6. The van der Waals surface area contributed by atoms with Crippen LogP contribution in [0.15, 0.2) is 255 Å². The fourth-order valence-corrected chi connectivity index (χ4v) is 11.6. The molecular weight excluding hydrogens is 945 g/mol. The van der Waals surface area contributed by atoms with Gasteiger partial charge in [0.05, 0.1) is 39.1 Å². The third-order valence-electron chi connectivity index (χ3n) is 15.1. The van der Waals surface area contributed by atoms with Crippen molar-refractivity contribution in [2.75, 3.05) is 4.90 Å². The van der Waals surface area contributed by atoms with Gasteiger partial charge in [-0.3, -0.25) is 4.90 Å². The molecule has 0 spiro atoms. The van der Waals surface area contributed by atoms with Gasteiger partial charge in [0.25, 0.3) is 0 Å². The average Bonchev–Trinajstić information content (AvgIpc) is 4.11. The van der Waals surface area contributed by atoms with Crippen molar-refractivity contribution in [1.82, 2.24) is 24.1 Å². The molecule has 8 nitrogen and oxygen atoms in total. The van der Waals surface area contributed by atoms with Crippen LogP contribution >= 0.6 is 0 Å². The Morgan fingerprint density at radius 2 is 0.675 bits per heavy atom. The molecule has 0 N–H and O–H groups in total. The number of benzene rings is 11. The molecule has 11 aromatic carbocycles. The lowest BCUT2D eigenvalue weighted by Crippen LogP contribution is -2.20. The molecule has 16 rings (SSSR count). The Labute approximate surface area is 442 Å². The maximum absolute atomic E-state index is 6.77. The van der Waals surface area contributed by atoms with Crippen LogP contribution in [0.5, 0.6) is 23.0 Å². The summed E-state index contributed by atoms with van der Waals surface area (Å²) in [4.78, 5) is 17.4. The maximum Gasteiger partial charge on any atom is 0.164 e.